The van der Waals surface area contributed by atoms with Crippen molar-refractivity contribution in [3.8, 4) is 22.8 Å². The molecule has 36 heavy (non-hydrogen) atoms. The molecule has 0 saturated heterocycles. The second-order valence-electron chi connectivity index (χ2n) is 8.72. The van der Waals surface area contributed by atoms with E-state index in [-0.39, 0.29) is 11.7 Å². The fourth-order valence-corrected chi connectivity index (χ4v) is 4.68. The maximum absolute atomic E-state index is 13.3. The number of ether oxygens (including phenoxy) is 2. The highest BCUT2D eigenvalue weighted by molar-refractivity contribution is 6.31. The number of amides is 1. The lowest BCUT2D eigenvalue weighted by Crippen LogP contribution is -2.32. The molecule has 184 valence electrons. The zero-order valence-electron chi connectivity index (χ0n) is 20.0. The van der Waals surface area contributed by atoms with Crippen LogP contribution in [0, 0.1) is 6.92 Å². The van der Waals surface area contributed by atoms with Gasteiger partial charge in [0.15, 0.2) is 0 Å². The number of phenols is 1. The standard InChI is InChI=1S/C28H26ClN3O4/c1-17-14-23(33)21(15-22(17)29)25-24-26(31-30-25)28(34)32(12-13-35-2)27(24)19-8-10-20(11-9-19)36-16-18-6-4-3-5-7-18/h3-11,14-15,27,33H,12-13,16H2,1-2H3,(H,30,31). The van der Waals surface area contributed by atoms with Gasteiger partial charge in [0.05, 0.1) is 12.6 Å². The summed E-state index contributed by atoms with van der Waals surface area (Å²) in [4.78, 5) is 15.1. The van der Waals surface area contributed by atoms with E-state index in [1.54, 1.807) is 24.1 Å². The molecule has 1 atom stereocenters. The molecule has 0 aliphatic carbocycles. The number of hydrogen-bond donors (Lipinski definition) is 2. The number of carbonyl (C=O) groups excluding carboxylic acids is 1. The monoisotopic (exact) mass is 503 g/mol. The van der Waals surface area contributed by atoms with E-state index >= 15 is 0 Å². The summed E-state index contributed by atoms with van der Waals surface area (Å²) in [6, 6.07) is 20.5. The van der Waals surface area contributed by atoms with Gasteiger partial charge in [-0.2, -0.15) is 5.10 Å². The topological polar surface area (TPSA) is 87.7 Å². The number of benzene rings is 3. The minimum absolute atomic E-state index is 0.0531. The van der Waals surface area contributed by atoms with E-state index in [0.717, 1.165) is 22.4 Å². The van der Waals surface area contributed by atoms with Crippen LogP contribution >= 0.6 is 11.6 Å². The Hall–Kier alpha value is -3.81. The van der Waals surface area contributed by atoms with E-state index in [4.69, 9.17) is 21.1 Å². The number of fused-ring (bicyclic) bond motifs is 1. The van der Waals surface area contributed by atoms with Gasteiger partial charge in [-0.25, -0.2) is 0 Å². The average Bonchev–Trinajstić information content (AvgIpc) is 3.43. The van der Waals surface area contributed by atoms with Crippen LogP contribution in [0.5, 0.6) is 11.5 Å². The zero-order chi connectivity index (χ0) is 25.2. The van der Waals surface area contributed by atoms with Crippen LogP contribution in [0.15, 0.2) is 66.7 Å². The molecule has 5 rings (SSSR count). The first-order chi connectivity index (χ1) is 17.5. The molecule has 0 spiro atoms. The number of carbonyl (C=O) groups is 1. The van der Waals surface area contributed by atoms with E-state index < -0.39 is 6.04 Å². The van der Waals surface area contributed by atoms with Gasteiger partial charge in [0.25, 0.3) is 5.91 Å². The smallest absolute Gasteiger partial charge is 0.273 e. The Labute approximate surface area is 214 Å². The molecule has 1 aliphatic rings. The predicted molar refractivity (Wildman–Crippen MR) is 137 cm³/mol. The van der Waals surface area contributed by atoms with Crippen molar-refractivity contribution in [1.29, 1.82) is 0 Å². The number of aryl methyl sites for hydroxylation is 1. The summed E-state index contributed by atoms with van der Waals surface area (Å²) >= 11 is 6.37. The van der Waals surface area contributed by atoms with Gasteiger partial charge in [-0.05, 0) is 47.9 Å². The second kappa shape index (κ2) is 10.0. The minimum atomic E-state index is -0.418. The van der Waals surface area contributed by atoms with Gasteiger partial charge in [-0.1, -0.05) is 54.1 Å². The largest absolute Gasteiger partial charge is 0.507 e. The lowest BCUT2D eigenvalue weighted by atomic mass is 9.95. The van der Waals surface area contributed by atoms with Gasteiger partial charge in [0.2, 0.25) is 0 Å². The number of phenolic OH excluding ortho intramolecular Hbond substituents is 1. The van der Waals surface area contributed by atoms with Crippen LogP contribution in [0.3, 0.4) is 0 Å². The molecule has 8 heteroatoms. The van der Waals surface area contributed by atoms with Crippen molar-refractivity contribution in [1.82, 2.24) is 15.1 Å². The first-order valence-corrected chi connectivity index (χ1v) is 12.0. The number of nitrogens with zero attached hydrogens (tertiary/aromatic N) is 2. The van der Waals surface area contributed by atoms with Crippen molar-refractivity contribution in [2.75, 3.05) is 20.3 Å². The Balaban J connectivity index is 1.51. The van der Waals surface area contributed by atoms with Crippen molar-refractivity contribution in [3.63, 3.8) is 0 Å². The van der Waals surface area contributed by atoms with Crippen LogP contribution in [0.4, 0.5) is 0 Å². The van der Waals surface area contributed by atoms with Crippen LogP contribution in [0.1, 0.15) is 38.8 Å². The van der Waals surface area contributed by atoms with E-state index in [1.807, 2.05) is 61.5 Å². The second-order valence-corrected chi connectivity index (χ2v) is 9.12. The highest BCUT2D eigenvalue weighted by Gasteiger charge is 2.42. The van der Waals surface area contributed by atoms with Gasteiger partial charge in [0.1, 0.15) is 29.5 Å². The number of nitrogens with one attached hydrogen (secondary N) is 1. The lowest BCUT2D eigenvalue weighted by molar-refractivity contribution is 0.0677. The van der Waals surface area contributed by atoms with Crippen LogP contribution in [-0.2, 0) is 11.3 Å². The third-order valence-electron chi connectivity index (χ3n) is 6.38. The van der Waals surface area contributed by atoms with Crippen LogP contribution < -0.4 is 4.74 Å². The van der Waals surface area contributed by atoms with Gasteiger partial charge in [0, 0.05) is 29.8 Å². The number of aromatic amines is 1. The van der Waals surface area contributed by atoms with E-state index in [2.05, 4.69) is 10.2 Å². The van der Waals surface area contributed by atoms with E-state index in [0.29, 0.717) is 47.3 Å². The van der Waals surface area contributed by atoms with Gasteiger partial charge in [-0.15, -0.1) is 0 Å². The van der Waals surface area contributed by atoms with E-state index in [9.17, 15) is 9.90 Å². The summed E-state index contributed by atoms with van der Waals surface area (Å²) < 4.78 is 11.2. The number of H-pyrrole nitrogens is 1. The Bertz CT molecular complexity index is 1390. The molecule has 7 nitrogen and oxygen atoms in total. The first kappa shape index (κ1) is 23.9. The minimum Gasteiger partial charge on any atom is -0.507 e. The maximum Gasteiger partial charge on any atom is 0.273 e. The molecule has 3 aromatic carbocycles. The fourth-order valence-electron chi connectivity index (χ4n) is 4.51. The molecule has 2 heterocycles. The summed E-state index contributed by atoms with van der Waals surface area (Å²) in [5.74, 6) is 0.608. The Kier molecular flexibility index (Phi) is 6.67. The third-order valence-corrected chi connectivity index (χ3v) is 6.78. The molecule has 1 unspecified atom stereocenters. The number of halogens is 1. The molecule has 0 radical (unpaired) electrons. The Morgan fingerprint density at radius 1 is 1.11 bits per heavy atom. The van der Waals surface area contributed by atoms with Crippen molar-refractivity contribution in [2.45, 2.75) is 19.6 Å². The first-order valence-electron chi connectivity index (χ1n) is 11.6. The van der Waals surface area contributed by atoms with Crippen LogP contribution in [-0.4, -0.2) is 46.4 Å². The summed E-state index contributed by atoms with van der Waals surface area (Å²) in [6.45, 7) is 3.07. The number of rotatable bonds is 8. The van der Waals surface area contributed by atoms with Crippen LogP contribution in [0.25, 0.3) is 11.3 Å². The van der Waals surface area contributed by atoms with Crippen LogP contribution in [0.2, 0.25) is 5.02 Å². The molecular formula is C28H26ClN3O4. The number of aromatic nitrogens is 2. The predicted octanol–water partition coefficient (Wildman–Crippen LogP) is 5.51. The third kappa shape index (κ3) is 4.43. The quantitative estimate of drug-likeness (QED) is 0.331. The molecule has 0 bridgehead atoms. The van der Waals surface area contributed by atoms with Gasteiger partial charge in [-0.3, -0.25) is 9.89 Å². The van der Waals surface area contributed by atoms with Gasteiger partial charge < -0.3 is 19.5 Å². The average molecular weight is 504 g/mol. The van der Waals surface area contributed by atoms with Crippen molar-refractivity contribution in [2.24, 2.45) is 0 Å². The SMILES string of the molecule is COCCN1C(=O)c2[nH]nc(-c3cc(Cl)c(C)cc3O)c2C1c1ccc(OCc2ccccc2)cc1. The maximum atomic E-state index is 13.3. The Morgan fingerprint density at radius 2 is 1.86 bits per heavy atom. The van der Waals surface area contributed by atoms with Crippen molar-refractivity contribution in [3.05, 3.63) is 99.7 Å². The molecule has 1 amide bonds. The summed E-state index contributed by atoms with van der Waals surface area (Å²) in [7, 11) is 1.60. The molecular weight excluding hydrogens is 478 g/mol. The molecule has 0 fully saturated rings. The summed E-state index contributed by atoms with van der Waals surface area (Å²) in [5.41, 5.74) is 4.79. The molecule has 2 N–H and O–H groups in total. The number of aromatic hydroxyl groups is 1. The highest BCUT2D eigenvalue weighted by Crippen LogP contribution is 2.45. The van der Waals surface area contributed by atoms with Gasteiger partial charge >= 0.3 is 0 Å². The Morgan fingerprint density at radius 3 is 2.58 bits per heavy atom. The van der Waals surface area contributed by atoms with Crippen molar-refractivity contribution < 1.29 is 19.4 Å². The fraction of sp³-hybridized carbons (Fsp3) is 0.214. The normalized spacial score (nSPS) is 14.8. The summed E-state index contributed by atoms with van der Waals surface area (Å²) in [6.07, 6.45) is 0. The molecule has 1 aliphatic heterocycles. The number of methoxy groups -OCH3 is 1. The summed E-state index contributed by atoms with van der Waals surface area (Å²) in [5, 5.41) is 18.5. The molecule has 1 aromatic heterocycles. The molecule has 4 aromatic rings. The highest BCUT2D eigenvalue weighted by atomic mass is 35.5. The van der Waals surface area contributed by atoms with E-state index in [1.165, 1.54) is 0 Å². The zero-order valence-corrected chi connectivity index (χ0v) is 20.7. The van der Waals surface area contributed by atoms with Crippen molar-refractivity contribution >= 4 is 17.5 Å². The lowest BCUT2D eigenvalue weighted by Gasteiger charge is -2.26. The number of hydrogen-bond acceptors (Lipinski definition) is 5. The molecule has 0 saturated carbocycles.